The molecule has 7 heteroatoms. The highest BCUT2D eigenvalue weighted by Crippen LogP contribution is 2.33. The van der Waals surface area contributed by atoms with Crippen LogP contribution in [0.15, 0.2) is 108 Å². The number of hydrogen-bond donors (Lipinski definition) is 1. The third-order valence-electron chi connectivity index (χ3n) is 6.11. The summed E-state index contributed by atoms with van der Waals surface area (Å²) in [6.45, 7) is 1.40. The van der Waals surface area contributed by atoms with Gasteiger partial charge in [0.2, 0.25) is 10.0 Å². The van der Waals surface area contributed by atoms with Crippen molar-refractivity contribution in [1.29, 1.82) is 0 Å². The number of amides is 1. The van der Waals surface area contributed by atoms with Gasteiger partial charge in [0.05, 0.1) is 10.9 Å². The largest absolute Gasteiger partial charge is 0.348 e. The van der Waals surface area contributed by atoms with Crippen LogP contribution in [-0.4, -0.2) is 30.3 Å². The van der Waals surface area contributed by atoms with E-state index < -0.39 is 10.0 Å². The van der Waals surface area contributed by atoms with Crippen LogP contribution in [-0.2, 0) is 23.1 Å². The fraction of sp³-hybridized carbons (Fsp3) is 0.148. The van der Waals surface area contributed by atoms with E-state index in [9.17, 15) is 13.2 Å². The Morgan fingerprint density at radius 1 is 0.853 bits per heavy atom. The van der Waals surface area contributed by atoms with Crippen molar-refractivity contribution in [3.63, 3.8) is 0 Å². The van der Waals surface area contributed by atoms with Crippen LogP contribution in [0.1, 0.15) is 33.2 Å². The van der Waals surface area contributed by atoms with Gasteiger partial charge in [-0.1, -0.05) is 66.7 Å². The van der Waals surface area contributed by atoms with Gasteiger partial charge in [0.15, 0.2) is 0 Å². The average Bonchev–Trinajstić information content (AvgIpc) is 3.37. The van der Waals surface area contributed by atoms with E-state index in [2.05, 4.69) is 9.29 Å². The minimum absolute atomic E-state index is 0.0749. The Kier molecular flexibility index (Phi) is 6.04. The second kappa shape index (κ2) is 9.29. The molecule has 2 heterocycles. The minimum Gasteiger partial charge on any atom is -0.348 e. The van der Waals surface area contributed by atoms with E-state index in [1.807, 2.05) is 83.9 Å². The molecule has 0 radical (unpaired) electrons. The predicted molar refractivity (Wildman–Crippen MR) is 131 cm³/mol. The van der Waals surface area contributed by atoms with Crippen molar-refractivity contribution in [3.8, 4) is 0 Å². The number of aromatic nitrogens is 1. The SMILES string of the molecule is O=C(c1cccc(S(=O)(=O)NCc2ccccc2)c1)N1CCn2cccc2C1c1ccccc1. The number of carbonyl (C=O) groups is 1. The number of fused-ring (bicyclic) bond motifs is 1. The van der Waals surface area contributed by atoms with Crippen LogP contribution in [0.2, 0.25) is 0 Å². The molecule has 1 unspecified atom stereocenters. The van der Waals surface area contributed by atoms with Gasteiger partial charge in [0.25, 0.3) is 5.91 Å². The van der Waals surface area contributed by atoms with E-state index >= 15 is 0 Å². The van der Waals surface area contributed by atoms with Crippen molar-refractivity contribution in [2.45, 2.75) is 24.0 Å². The Balaban J connectivity index is 1.43. The van der Waals surface area contributed by atoms with Gasteiger partial charge in [-0.25, -0.2) is 13.1 Å². The van der Waals surface area contributed by atoms with Gasteiger partial charge in [-0.15, -0.1) is 0 Å². The summed E-state index contributed by atoms with van der Waals surface area (Å²) >= 11 is 0. The Bertz CT molecular complexity index is 1400. The van der Waals surface area contributed by atoms with Crippen LogP contribution in [0.4, 0.5) is 0 Å². The molecule has 0 bridgehead atoms. The van der Waals surface area contributed by atoms with Gasteiger partial charge in [-0.2, -0.15) is 0 Å². The quantitative estimate of drug-likeness (QED) is 0.458. The molecule has 0 aliphatic carbocycles. The summed E-state index contributed by atoms with van der Waals surface area (Å²) in [5.41, 5.74) is 3.27. The summed E-state index contributed by atoms with van der Waals surface area (Å²) in [6, 6.07) is 29.3. The topological polar surface area (TPSA) is 71.4 Å². The maximum absolute atomic E-state index is 13.7. The molecular weight excluding hydrogens is 446 g/mol. The molecule has 172 valence electrons. The van der Waals surface area contributed by atoms with Crippen molar-refractivity contribution in [2.75, 3.05) is 6.54 Å². The van der Waals surface area contributed by atoms with Crippen LogP contribution < -0.4 is 4.72 Å². The van der Waals surface area contributed by atoms with Crippen molar-refractivity contribution in [1.82, 2.24) is 14.2 Å². The van der Waals surface area contributed by atoms with E-state index in [0.717, 1.165) is 16.8 Å². The third-order valence-corrected chi connectivity index (χ3v) is 7.51. The lowest BCUT2D eigenvalue weighted by Gasteiger charge is -2.37. The molecule has 1 aromatic heterocycles. The van der Waals surface area contributed by atoms with Gasteiger partial charge in [0.1, 0.15) is 0 Å². The summed E-state index contributed by atoms with van der Waals surface area (Å²) in [4.78, 5) is 15.6. The molecule has 1 amide bonds. The Labute approximate surface area is 199 Å². The van der Waals surface area contributed by atoms with E-state index in [4.69, 9.17) is 0 Å². The molecular formula is C27H25N3O3S. The number of nitrogens with zero attached hydrogens (tertiary/aromatic N) is 2. The molecule has 0 saturated carbocycles. The summed E-state index contributed by atoms with van der Waals surface area (Å²) in [5, 5.41) is 0. The lowest BCUT2D eigenvalue weighted by molar-refractivity contribution is 0.0664. The first kappa shape index (κ1) is 22.1. The van der Waals surface area contributed by atoms with Crippen LogP contribution in [0.5, 0.6) is 0 Å². The normalized spacial score (nSPS) is 15.6. The second-order valence-corrected chi connectivity index (χ2v) is 10.0. The standard InChI is InChI=1S/C27H25N3O3S/c31-27(30-18-17-29-16-8-15-25(29)26(30)22-11-5-2-6-12-22)23-13-7-14-24(19-23)34(32,33)28-20-21-9-3-1-4-10-21/h1-16,19,26,28H,17-18,20H2. The van der Waals surface area contributed by atoms with E-state index in [0.29, 0.717) is 18.7 Å². The number of rotatable bonds is 6. The number of benzene rings is 3. The zero-order chi connectivity index (χ0) is 23.5. The first-order valence-corrected chi connectivity index (χ1v) is 12.7. The second-order valence-electron chi connectivity index (χ2n) is 8.28. The predicted octanol–water partition coefficient (Wildman–Crippen LogP) is 4.21. The highest BCUT2D eigenvalue weighted by atomic mass is 32.2. The highest BCUT2D eigenvalue weighted by Gasteiger charge is 2.33. The number of sulfonamides is 1. The first-order chi connectivity index (χ1) is 16.5. The smallest absolute Gasteiger partial charge is 0.254 e. The van der Waals surface area contributed by atoms with Gasteiger partial charge in [-0.3, -0.25) is 4.79 Å². The maximum atomic E-state index is 13.7. The number of nitrogens with one attached hydrogen (secondary N) is 1. The Morgan fingerprint density at radius 2 is 1.59 bits per heavy atom. The molecule has 0 spiro atoms. The lowest BCUT2D eigenvalue weighted by Crippen LogP contribution is -2.42. The molecule has 1 aliphatic rings. The molecule has 3 aromatic carbocycles. The summed E-state index contributed by atoms with van der Waals surface area (Å²) in [7, 11) is -3.78. The molecule has 4 aromatic rings. The third kappa shape index (κ3) is 4.40. The zero-order valence-corrected chi connectivity index (χ0v) is 19.4. The highest BCUT2D eigenvalue weighted by molar-refractivity contribution is 7.89. The fourth-order valence-electron chi connectivity index (χ4n) is 4.41. The van der Waals surface area contributed by atoms with Crippen molar-refractivity contribution in [3.05, 3.63) is 126 Å². The minimum atomic E-state index is -3.78. The van der Waals surface area contributed by atoms with Crippen molar-refractivity contribution < 1.29 is 13.2 Å². The average molecular weight is 472 g/mol. The zero-order valence-electron chi connectivity index (χ0n) is 18.5. The van der Waals surface area contributed by atoms with Crippen LogP contribution >= 0.6 is 0 Å². The maximum Gasteiger partial charge on any atom is 0.254 e. The monoisotopic (exact) mass is 471 g/mol. The fourth-order valence-corrected chi connectivity index (χ4v) is 5.47. The molecule has 0 fully saturated rings. The van der Waals surface area contributed by atoms with Gasteiger partial charge >= 0.3 is 0 Å². The van der Waals surface area contributed by atoms with Crippen LogP contribution in [0.3, 0.4) is 0 Å². The molecule has 1 aliphatic heterocycles. The first-order valence-electron chi connectivity index (χ1n) is 11.2. The van der Waals surface area contributed by atoms with Crippen molar-refractivity contribution in [2.24, 2.45) is 0 Å². The molecule has 34 heavy (non-hydrogen) atoms. The van der Waals surface area contributed by atoms with E-state index in [1.54, 1.807) is 12.1 Å². The van der Waals surface area contributed by atoms with Gasteiger partial charge < -0.3 is 9.47 Å². The van der Waals surface area contributed by atoms with Crippen LogP contribution in [0, 0.1) is 0 Å². The molecule has 1 atom stereocenters. The molecule has 6 nitrogen and oxygen atoms in total. The lowest BCUT2D eigenvalue weighted by atomic mass is 9.99. The Morgan fingerprint density at radius 3 is 2.35 bits per heavy atom. The molecule has 1 N–H and O–H groups in total. The van der Waals surface area contributed by atoms with Gasteiger partial charge in [-0.05, 0) is 41.5 Å². The molecule has 0 saturated heterocycles. The van der Waals surface area contributed by atoms with Crippen LogP contribution in [0.25, 0.3) is 0 Å². The number of carbonyl (C=O) groups excluding carboxylic acids is 1. The summed E-state index contributed by atoms with van der Waals surface area (Å²) in [6.07, 6.45) is 2.03. The Hall–Kier alpha value is -3.68. The van der Waals surface area contributed by atoms with Crippen molar-refractivity contribution >= 4 is 15.9 Å². The molecule has 5 rings (SSSR count). The van der Waals surface area contributed by atoms with Gasteiger partial charge in [0, 0.05) is 37.1 Å². The number of hydrogen-bond acceptors (Lipinski definition) is 3. The van der Waals surface area contributed by atoms with E-state index in [-0.39, 0.29) is 23.4 Å². The summed E-state index contributed by atoms with van der Waals surface area (Å²) < 4.78 is 30.7. The summed E-state index contributed by atoms with van der Waals surface area (Å²) in [5.74, 6) is -0.193. The van der Waals surface area contributed by atoms with E-state index in [1.165, 1.54) is 12.1 Å².